The molecule has 0 bridgehead atoms. The third-order valence-electron chi connectivity index (χ3n) is 4.40. The number of nitrogens with zero attached hydrogens (tertiary/aromatic N) is 4. The van der Waals surface area contributed by atoms with E-state index in [4.69, 9.17) is 11.6 Å². The molecule has 6 nitrogen and oxygen atoms in total. The van der Waals surface area contributed by atoms with Gasteiger partial charge in [-0.1, -0.05) is 11.6 Å². The minimum atomic E-state index is -4.79. The topological polar surface area (TPSA) is 63.1 Å². The Balaban J connectivity index is 1.98. The van der Waals surface area contributed by atoms with Crippen LogP contribution in [-0.2, 0) is 6.18 Å². The summed E-state index contributed by atoms with van der Waals surface area (Å²) in [5.74, 6) is -0.861. The highest BCUT2D eigenvalue weighted by Crippen LogP contribution is 2.35. The largest absolute Gasteiger partial charge is 0.434 e. The molecule has 3 rings (SSSR count). The number of carbonyl (C=O) groups excluding carboxylic acids is 1. The Hall–Kier alpha value is -2.13. The Morgan fingerprint density at radius 2 is 2.04 bits per heavy atom. The number of pyridine rings is 1. The average Bonchev–Trinajstić information content (AvgIpc) is 3.07. The number of alkyl halides is 3. The molecule has 140 valence electrons. The van der Waals surface area contributed by atoms with Crippen molar-refractivity contribution in [1.82, 2.24) is 25.0 Å². The summed E-state index contributed by atoms with van der Waals surface area (Å²) in [7, 11) is 1.82. The molecule has 1 aliphatic rings. The third kappa shape index (κ3) is 3.54. The second-order valence-electron chi connectivity index (χ2n) is 5.98. The number of amides is 1. The number of piperidine rings is 1. The summed E-state index contributed by atoms with van der Waals surface area (Å²) in [4.78, 5) is 18.0. The zero-order valence-corrected chi connectivity index (χ0v) is 14.7. The third-order valence-corrected chi connectivity index (χ3v) is 4.69. The Morgan fingerprint density at radius 1 is 1.35 bits per heavy atom. The van der Waals surface area contributed by atoms with Gasteiger partial charge in [-0.3, -0.25) is 4.79 Å². The Morgan fingerprint density at radius 3 is 2.62 bits per heavy atom. The second kappa shape index (κ2) is 7.24. The van der Waals surface area contributed by atoms with Crippen molar-refractivity contribution < 1.29 is 18.0 Å². The Kier molecular flexibility index (Phi) is 5.19. The van der Waals surface area contributed by atoms with Crippen molar-refractivity contribution in [3.05, 3.63) is 40.8 Å². The number of hydrogen-bond donors (Lipinski definition) is 1. The molecule has 0 atom stereocenters. The SMILES string of the molecule is CNC1CCN(C(=O)c2cnn(-c3ncccc3Cl)c2C(F)(F)F)CC1. The number of hydrogen-bond acceptors (Lipinski definition) is 4. The van der Waals surface area contributed by atoms with E-state index in [1.54, 1.807) is 0 Å². The van der Waals surface area contributed by atoms with E-state index in [1.807, 2.05) is 7.05 Å². The van der Waals surface area contributed by atoms with Crippen LogP contribution in [0.5, 0.6) is 0 Å². The van der Waals surface area contributed by atoms with Gasteiger partial charge in [0.25, 0.3) is 5.91 Å². The van der Waals surface area contributed by atoms with Crippen LogP contribution in [0.3, 0.4) is 0 Å². The molecular weight excluding hydrogens is 371 g/mol. The molecule has 0 radical (unpaired) electrons. The second-order valence-corrected chi connectivity index (χ2v) is 6.39. The van der Waals surface area contributed by atoms with E-state index in [-0.39, 0.29) is 16.9 Å². The predicted octanol–water partition coefficient (Wildman–Crippen LogP) is 2.76. The molecule has 2 aromatic rings. The van der Waals surface area contributed by atoms with Gasteiger partial charge in [-0.05, 0) is 32.0 Å². The summed E-state index contributed by atoms with van der Waals surface area (Å²) >= 11 is 5.96. The molecule has 1 saturated heterocycles. The number of carbonyl (C=O) groups is 1. The monoisotopic (exact) mass is 387 g/mol. The van der Waals surface area contributed by atoms with Gasteiger partial charge in [-0.15, -0.1) is 0 Å². The molecule has 1 aliphatic heterocycles. The molecule has 0 saturated carbocycles. The van der Waals surface area contributed by atoms with Crippen LogP contribution in [0.2, 0.25) is 5.02 Å². The van der Waals surface area contributed by atoms with Crippen LogP contribution < -0.4 is 5.32 Å². The molecular formula is C16H17ClF3N5O. The number of halogens is 4. The smallest absolute Gasteiger partial charge is 0.338 e. The number of likely N-dealkylation sites (tertiary alicyclic amines) is 1. The maximum Gasteiger partial charge on any atom is 0.434 e. The first-order valence-corrected chi connectivity index (χ1v) is 8.43. The fraction of sp³-hybridized carbons (Fsp3) is 0.438. The first kappa shape index (κ1) is 18.7. The van der Waals surface area contributed by atoms with Gasteiger partial charge in [0.05, 0.1) is 16.8 Å². The fourth-order valence-electron chi connectivity index (χ4n) is 3.01. The summed E-state index contributed by atoms with van der Waals surface area (Å²) in [6.45, 7) is 0.772. The predicted molar refractivity (Wildman–Crippen MR) is 89.4 cm³/mol. The van der Waals surface area contributed by atoms with Crippen LogP contribution in [0.1, 0.15) is 28.9 Å². The number of aromatic nitrogens is 3. The maximum absolute atomic E-state index is 13.7. The van der Waals surface area contributed by atoms with Gasteiger partial charge in [0, 0.05) is 25.3 Å². The summed E-state index contributed by atoms with van der Waals surface area (Å²) in [5.41, 5.74) is -1.67. The van der Waals surface area contributed by atoms with Gasteiger partial charge in [0.2, 0.25) is 0 Å². The summed E-state index contributed by atoms with van der Waals surface area (Å²) < 4.78 is 41.7. The first-order chi connectivity index (χ1) is 12.3. The minimum absolute atomic E-state index is 0.00920. The van der Waals surface area contributed by atoms with Crippen LogP contribution >= 0.6 is 11.6 Å². The van der Waals surface area contributed by atoms with Gasteiger partial charge in [0.15, 0.2) is 11.5 Å². The molecule has 1 amide bonds. The summed E-state index contributed by atoms with van der Waals surface area (Å²) in [6.07, 6.45) is -1.17. The highest BCUT2D eigenvalue weighted by molar-refractivity contribution is 6.32. The zero-order valence-electron chi connectivity index (χ0n) is 13.9. The van der Waals surface area contributed by atoms with Crippen molar-refractivity contribution in [2.75, 3.05) is 20.1 Å². The molecule has 26 heavy (non-hydrogen) atoms. The van der Waals surface area contributed by atoms with E-state index in [0.717, 1.165) is 6.20 Å². The lowest BCUT2D eigenvalue weighted by Gasteiger charge is -2.31. The molecule has 0 aliphatic carbocycles. The molecule has 0 unspecified atom stereocenters. The first-order valence-electron chi connectivity index (χ1n) is 8.05. The van der Waals surface area contributed by atoms with Gasteiger partial charge in [-0.2, -0.15) is 18.3 Å². The molecule has 1 fully saturated rings. The Bertz CT molecular complexity index is 799. The average molecular weight is 388 g/mol. The molecule has 3 heterocycles. The molecule has 10 heteroatoms. The van der Waals surface area contributed by atoms with Crippen LogP contribution in [0.25, 0.3) is 5.82 Å². The number of nitrogens with one attached hydrogen (secondary N) is 1. The van der Waals surface area contributed by atoms with Crippen molar-refractivity contribution in [1.29, 1.82) is 0 Å². The van der Waals surface area contributed by atoms with E-state index in [9.17, 15) is 18.0 Å². The highest BCUT2D eigenvalue weighted by atomic mass is 35.5. The van der Waals surface area contributed by atoms with E-state index >= 15 is 0 Å². The molecule has 0 spiro atoms. The van der Waals surface area contributed by atoms with Gasteiger partial charge in [-0.25, -0.2) is 9.67 Å². The van der Waals surface area contributed by atoms with Crippen LogP contribution in [0.4, 0.5) is 13.2 Å². The highest BCUT2D eigenvalue weighted by Gasteiger charge is 2.42. The van der Waals surface area contributed by atoms with Crippen molar-refractivity contribution in [2.45, 2.75) is 25.1 Å². The lowest BCUT2D eigenvalue weighted by Crippen LogP contribution is -2.44. The lowest BCUT2D eigenvalue weighted by atomic mass is 10.0. The lowest BCUT2D eigenvalue weighted by molar-refractivity contribution is -0.143. The van der Waals surface area contributed by atoms with Crippen LogP contribution in [-0.4, -0.2) is 51.8 Å². The van der Waals surface area contributed by atoms with Crippen molar-refractivity contribution in [3.63, 3.8) is 0 Å². The number of rotatable bonds is 3. The van der Waals surface area contributed by atoms with Gasteiger partial charge in [0.1, 0.15) is 0 Å². The fourth-order valence-corrected chi connectivity index (χ4v) is 3.21. The minimum Gasteiger partial charge on any atom is -0.338 e. The van der Waals surface area contributed by atoms with Crippen molar-refractivity contribution >= 4 is 17.5 Å². The summed E-state index contributed by atoms with van der Waals surface area (Å²) in [6, 6.07) is 3.17. The van der Waals surface area contributed by atoms with Gasteiger partial charge >= 0.3 is 6.18 Å². The normalized spacial score (nSPS) is 16.1. The van der Waals surface area contributed by atoms with Crippen molar-refractivity contribution in [3.8, 4) is 5.82 Å². The standard InChI is InChI=1S/C16H17ClF3N5O/c1-21-10-4-7-24(8-5-10)15(26)11-9-23-25(13(11)16(18,19)20)14-12(17)3-2-6-22-14/h2-3,6,9-10,21H,4-5,7-8H2,1H3. The van der Waals surface area contributed by atoms with Gasteiger partial charge < -0.3 is 10.2 Å². The molecule has 1 N–H and O–H groups in total. The van der Waals surface area contributed by atoms with Crippen LogP contribution in [0, 0.1) is 0 Å². The van der Waals surface area contributed by atoms with Crippen LogP contribution in [0.15, 0.2) is 24.5 Å². The zero-order chi connectivity index (χ0) is 18.9. The molecule has 0 aromatic carbocycles. The maximum atomic E-state index is 13.7. The van der Waals surface area contributed by atoms with E-state index in [1.165, 1.54) is 23.2 Å². The summed E-state index contributed by atoms with van der Waals surface area (Å²) in [5, 5.41) is 6.87. The van der Waals surface area contributed by atoms with E-state index in [0.29, 0.717) is 30.6 Å². The molecule has 2 aromatic heterocycles. The quantitative estimate of drug-likeness (QED) is 0.879. The Labute approximate surface area is 153 Å². The van der Waals surface area contributed by atoms with E-state index in [2.05, 4.69) is 15.4 Å². The van der Waals surface area contributed by atoms with Crippen molar-refractivity contribution in [2.24, 2.45) is 0 Å². The van der Waals surface area contributed by atoms with E-state index < -0.39 is 23.3 Å².